The zero-order valence-corrected chi connectivity index (χ0v) is 42.8. The van der Waals surface area contributed by atoms with Gasteiger partial charge in [0.05, 0.1) is 11.4 Å². The molecule has 6 heterocycles. The number of hydrogen-bond donors (Lipinski definition) is 4. The number of benzene rings is 2. The van der Waals surface area contributed by atoms with Gasteiger partial charge in [-0.05, 0) is 123 Å². The maximum atomic E-state index is 14.4. The molecule has 2 aliphatic carbocycles. The zero-order valence-electron chi connectivity index (χ0n) is 41.1. The summed E-state index contributed by atoms with van der Waals surface area (Å²) in [7, 11) is 2.28. The monoisotopic (exact) mass is 1130 g/mol. The summed E-state index contributed by atoms with van der Waals surface area (Å²) in [5, 5.41) is 42.3. The summed E-state index contributed by atoms with van der Waals surface area (Å²) in [4.78, 5) is 31.6. The zero-order chi connectivity index (χ0) is 55.1. The van der Waals surface area contributed by atoms with Crippen molar-refractivity contribution in [3.05, 3.63) is 123 Å². The van der Waals surface area contributed by atoms with Crippen LogP contribution in [0.3, 0.4) is 0 Å². The molecule has 0 saturated heterocycles. The number of alkyl halides is 6. The van der Waals surface area contributed by atoms with Crippen LogP contribution in [0.25, 0.3) is 27.6 Å². The van der Waals surface area contributed by atoms with Gasteiger partial charge < -0.3 is 28.9 Å². The summed E-state index contributed by atoms with van der Waals surface area (Å²) in [6.07, 6.45) is 0.701. The molecule has 10 rings (SSSR count). The Morgan fingerprint density at radius 2 is 1.14 bits per heavy atom. The first kappa shape index (κ1) is 55.2. The number of carbonyl (C=O) groups excluding carboxylic acids is 2. The molecule has 4 N–H and O–H groups in total. The molecule has 3 atom stereocenters. The van der Waals surface area contributed by atoms with Gasteiger partial charge in [0.15, 0.2) is 23.5 Å². The Hall–Kier alpha value is -7.56. The molecule has 18 nitrogen and oxygen atoms in total. The standard InChI is InChI=1S/C25H24F4N6O3S.C25H22F4N6O3S/c2*1-37-21(17-12-16(6-7-18(17)26)38-25(27,28)29)23(36)31-24-35-33-20(39-24)10-13-2-4-14(5-3-13)19-11-15-8-9-30-22(15)34-32-19/h6-9,11-14,21H,2-5,10H2,1H3,(H,30,34)(H,31,35,36);4,6-9,11-13,21H,2-3,5,10H2,1H3,(H,30,34)(H,31,35,36)/t13?,14?,21-;13?,21-/m00/s1. The first-order chi connectivity index (χ1) is 37.4. The number of halogens is 8. The Morgan fingerprint density at radius 3 is 1.64 bits per heavy atom. The Kier molecular flexibility index (Phi) is 17.0. The van der Waals surface area contributed by atoms with E-state index in [0.29, 0.717) is 35.6 Å². The molecule has 0 bridgehead atoms. The lowest BCUT2D eigenvalue weighted by Crippen LogP contribution is -2.24. The predicted molar refractivity (Wildman–Crippen MR) is 268 cm³/mol. The molecule has 1 unspecified atom stereocenters. The number of allylic oxidation sites excluding steroid dienone is 2. The fraction of sp³-hybridized carbons (Fsp3) is 0.360. The molecule has 78 heavy (non-hydrogen) atoms. The van der Waals surface area contributed by atoms with E-state index in [4.69, 9.17) is 9.47 Å². The van der Waals surface area contributed by atoms with Gasteiger partial charge in [-0.15, -0.1) is 62.0 Å². The van der Waals surface area contributed by atoms with Crippen molar-refractivity contribution in [3.63, 3.8) is 0 Å². The van der Waals surface area contributed by atoms with E-state index in [2.05, 4.69) is 83.0 Å². The summed E-state index contributed by atoms with van der Waals surface area (Å²) >= 11 is 2.36. The maximum Gasteiger partial charge on any atom is 0.573 e. The van der Waals surface area contributed by atoms with Crippen molar-refractivity contribution in [1.82, 2.24) is 50.8 Å². The highest BCUT2D eigenvalue weighted by Gasteiger charge is 2.35. The first-order valence-corrected chi connectivity index (χ1v) is 25.7. The number of nitrogens with one attached hydrogen (secondary N) is 4. The third-order valence-electron chi connectivity index (χ3n) is 13.0. The van der Waals surface area contributed by atoms with E-state index in [1.807, 2.05) is 30.6 Å². The SMILES string of the molecule is CO[C@H](C(=O)Nc1nnc(CC2CC=C(c3cc4cc[nH]c4nn3)CC2)s1)c1cc(OC(F)(F)F)ccc1F.CO[C@H](C(=O)Nc1nnc(CC2CCC(c3cc4cc[nH]c4nn3)CC2)s1)c1cc(OC(F)(F)F)ccc1F. The summed E-state index contributed by atoms with van der Waals surface area (Å²) in [5.74, 6) is -3.72. The summed E-state index contributed by atoms with van der Waals surface area (Å²) < 4.78 is 122. The molecule has 6 aromatic heterocycles. The molecule has 1 saturated carbocycles. The molecule has 8 aromatic rings. The smallest absolute Gasteiger partial charge is 0.406 e. The largest absolute Gasteiger partial charge is 0.573 e. The summed E-state index contributed by atoms with van der Waals surface area (Å²) in [5.41, 5.74) is 3.72. The number of H-pyrrole nitrogens is 2. The van der Waals surface area contributed by atoms with E-state index in [0.717, 1.165) is 140 Å². The summed E-state index contributed by atoms with van der Waals surface area (Å²) in [6.45, 7) is 0. The fourth-order valence-corrected chi connectivity index (χ4v) is 11.0. The molecule has 0 spiro atoms. The molecule has 2 aromatic carbocycles. The molecule has 2 amide bonds. The van der Waals surface area contributed by atoms with Crippen molar-refractivity contribution in [2.45, 2.75) is 88.6 Å². The lowest BCUT2D eigenvalue weighted by molar-refractivity contribution is -0.275. The normalized spacial score (nSPS) is 17.7. The van der Waals surface area contributed by atoms with Crippen molar-refractivity contribution in [2.24, 2.45) is 11.8 Å². The quantitative estimate of drug-likeness (QED) is 0.0660. The molecule has 0 radical (unpaired) electrons. The number of nitrogens with zero attached hydrogens (tertiary/aromatic N) is 8. The van der Waals surface area contributed by atoms with Crippen LogP contribution >= 0.6 is 22.7 Å². The van der Waals surface area contributed by atoms with Gasteiger partial charge in [-0.2, -0.15) is 5.10 Å². The topological polar surface area (TPSA) is 230 Å². The Bertz CT molecular complexity index is 3410. The van der Waals surface area contributed by atoms with Crippen LogP contribution in [0.4, 0.5) is 45.4 Å². The molecular weight excluding hydrogens is 1080 g/mol. The van der Waals surface area contributed by atoms with E-state index in [1.54, 1.807) is 0 Å². The van der Waals surface area contributed by atoms with Crippen molar-refractivity contribution in [1.29, 1.82) is 0 Å². The van der Waals surface area contributed by atoms with E-state index >= 15 is 0 Å². The number of fused-ring (bicyclic) bond motifs is 2. The number of amides is 2. The van der Waals surface area contributed by atoms with Crippen molar-refractivity contribution in [3.8, 4) is 11.5 Å². The van der Waals surface area contributed by atoms with Crippen LogP contribution in [0.15, 0.2) is 79.1 Å². The molecular formula is C50H46F8N12O6S2. The maximum absolute atomic E-state index is 14.4. The highest BCUT2D eigenvalue weighted by Crippen LogP contribution is 2.39. The van der Waals surface area contributed by atoms with Gasteiger partial charge >= 0.3 is 12.7 Å². The van der Waals surface area contributed by atoms with Gasteiger partial charge in [0.25, 0.3) is 11.8 Å². The van der Waals surface area contributed by atoms with Crippen molar-refractivity contribution in [2.75, 3.05) is 24.9 Å². The molecule has 1 fully saturated rings. The average molecular weight is 1130 g/mol. The van der Waals surface area contributed by atoms with E-state index < -0.39 is 71.0 Å². The van der Waals surface area contributed by atoms with Gasteiger partial charge in [0, 0.05) is 67.3 Å². The van der Waals surface area contributed by atoms with Gasteiger partial charge in [-0.1, -0.05) is 28.7 Å². The number of methoxy groups -OCH3 is 2. The highest BCUT2D eigenvalue weighted by molar-refractivity contribution is 7.15. The Labute approximate surface area is 445 Å². The first-order valence-electron chi connectivity index (χ1n) is 24.1. The number of anilines is 2. The third-order valence-corrected chi connectivity index (χ3v) is 14.7. The number of rotatable bonds is 16. The lowest BCUT2D eigenvalue weighted by Gasteiger charge is -2.27. The highest BCUT2D eigenvalue weighted by atomic mass is 32.1. The van der Waals surface area contributed by atoms with Crippen LogP contribution in [0, 0.1) is 23.5 Å². The predicted octanol–water partition coefficient (Wildman–Crippen LogP) is 11.3. The van der Waals surface area contributed by atoms with E-state index in [9.17, 15) is 44.7 Å². The summed E-state index contributed by atoms with van der Waals surface area (Å²) in [6, 6.07) is 12.8. The molecule has 28 heteroatoms. The van der Waals surface area contributed by atoms with Crippen molar-refractivity contribution >= 4 is 72.4 Å². The van der Waals surface area contributed by atoms with E-state index in [1.165, 1.54) is 22.7 Å². The van der Waals surface area contributed by atoms with Crippen LogP contribution in [-0.2, 0) is 31.9 Å². The Balaban J connectivity index is 0.000000190. The minimum absolute atomic E-state index is 0.169. The minimum atomic E-state index is -4.97. The van der Waals surface area contributed by atoms with Crippen LogP contribution < -0.4 is 20.1 Å². The number of carbonyl (C=O) groups is 2. The van der Waals surface area contributed by atoms with Gasteiger partial charge in [0.1, 0.15) is 33.1 Å². The van der Waals surface area contributed by atoms with Gasteiger partial charge in [-0.25, -0.2) is 8.78 Å². The average Bonchev–Trinajstić information content (AvgIpc) is 4.26. The second-order valence-electron chi connectivity index (χ2n) is 18.2. The Morgan fingerprint density at radius 1 is 0.628 bits per heavy atom. The van der Waals surface area contributed by atoms with Crippen LogP contribution in [0.2, 0.25) is 0 Å². The van der Waals surface area contributed by atoms with E-state index in [-0.39, 0.29) is 10.3 Å². The number of ether oxygens (including phenoxy) is 4. The van der Waals surface area contributed by atoms with Crippen LogP contribution in [0.1, 0.15) is 95.6 Å². The molecule has 2 aliphatic rings. The molecule has 410 valence electrons. The van der Waals surface area contributed by atoms with Crippen LogP contribution in [0.5, 0.6) is 11.5 Å². The van der Waals surface area contributed by atoms with Gasteiger partial charge in [-0.3, -0.25) is 20.2 Å². The second-order valence-corrected chi connectivity index (χ2v) is 20.4. The number of aromatic nitrogens is 10. The minimum Gasteiger partial charge on any atom is -0.406 e. The van der Waals surface area contributed by atoms with Crippen LogP contribution in [-0.4, -0.2) is 89.5 Å². The number of aromatic amines is 2. The lowest BCUT2D eigenvalue weighted by atomic mass is 9.79. The van der Waals surface area contributed by atoms with Crippen molar-refractivity contribution < 1.29 is 63.7 Å². The van der Waals surface area contributed by atoms with Gasteiger partial charge in [0.2, 0.25) is 10.3 Å². The molecule has 0 aliphatic heterocycles. The fourth-order valence-electron chi connectivity index (χ4n) is 9.25. The third kappa shape index (κ3) is 14.1. The number of hydrogen-bond acceptors (Lipinski definition) is 16. The second kappa shape index (κ2) is 24.0.